The van der Waals surface area contributed by atoms with Crippen LogP contribution in [0.15, 0.2) is 73.2 Å². The molecule has 0 aliphatic carbocycles. The summed E-state index contributed by atoms with van der Waals surface area (Å²) in [5.74, 6) is -0.270. The highest BCUT2D eigenvalue weighted by Gasteiger charge is 2.28. The Kier molecular flexibility index (Phi) is 17.1. The van der Waals surface area contributed by atoms with Crippen LogP contribution in [0.4, 0.5) is 0 Å². The van der Waals surface area contributed by atoms with Gasteiger partial charge in [0.15, 0.2) is 0 Å². The summed E-state index contributed by atoms with van der Waals surface area (Å²) in [4.78, 5) is 66.7. The molecule has 3 rings (SSSR count). The van der Waals surface area contributed by atoms with E-state index in [4.69, 9.17) is 23.7 Å². The number of carbonyl (C=O) groups is 2. The predicted octanol–water partition coefficient (Wildman–Crippen LogP) is 4.57. The van der Waals surface area contributed by atoms with Crippen LogP contribution < -0.4 is 26.5 Å². The van der Waals surface area contributed by atoms with Gasteiger partial charge in [0.1, 0.15) is 41.5 Å². The molecule has 15 nitrogen and oxygen atoms in total. The topological polar surface area (TPSA) is 187 Å². The van der Waals surface area contributed by atoms with E-state index in [0.717, 1.165) is 54.5 Å². The Labute approximate surface area is 349 Å². The third kappa shape index (κ3) is 14.4. The second kappa shape index (κ2) is 20.9. The van der Waals surface area contributed by atoms with Gasteiger partial charge in [-0.25, -0.2) is 37.7 Å². The first-order valence-corrected chi connectivity index (χ1v) is 20.0. The van der Waals surface area contributed by atoms with E-state index >= 15 is 0 Å². The number of aliphatic hydroxyl groups is 2. The van der Waals surface area contributed by atoms with Crippen molar-refractivity contribution in [3.05, 3.63) is 103 Å². The predicted molar refractivity (Wildman–Crippen MR) is 225 cm³/mol. The van der Waals surface area contributed by atoms with Crippen molar-refractivity contribution < 1.29 is 43.5 Å². The second-order valence-corrected chi connectivity index (χ2v) is 17.2. The molecule has 3 unspecified atom stereocenters. The van der Waals surface area contributed by atoms with Crippen LogP contribution in [0.3, 0.4) is 0 Å². The molecule has 3 aromatic rings. The van der Waals surface area contributed by atoms with Crippen LogP contribution >= 0.6 is 11.8 Å². The van der Waals surface area contributed by atoms with Gasteiger partial charge < -0.3 is 33.9 Å². The maximum atomic E-state index is 13.6. The van der Waals surface area contributed by atoms with Gasteiger partial charge in [0.25, 0.3) is 0 Å². The van der Waals surface area contributed by atoms with Gasteiger partial charge in [-0.2, -0.15) is 0 Å². The van der Waals surface area contributed by atoms with E-state index in [1.165, 1.54) is 27.0 Å². The lowest BCUT2D eigenvalue weighted by atomic mass is 10.0. The highest BCUT2D eigenvalue weighted by atomic mass is 32.2. The van der Waals surface area contributed by atoms with E-state index in [9.17, 15) is 34.2 Å². The van der Waals surface area contributed by atoms with Gasteiger partial charge >= 0.3 is 29.0 Å². The molecule has 0 aliphatic rings. The Balaban J connectivity index is 1.74. The van der Waals surface area contributed by atoms with Gasteiger partial charge in [-0.05, 0) is 116 Å². The van der Waals surface area contributed by atoms with Crippen LogP contribution in [0.1, 0.15) is 70.2 Å². The number of nitrogens with zero attached hydrogens (tertiary/aromatic N) is 3. The average molecular weight is 842 g/mol. The fourth-order valence-corrected chi connectivity index (χ4v) is 7.54. The molecule has 3 atom stereocenters. The van der Waals surface area contributed by atoms with Crippen molar-refractivity contribution in [3.63, 3.8) is 0 Å². The number of hydrogen-bond donors (Lipinski definition) is 2. The number of hydrogen-bond acceptors (Lipinski definition) is 13. The molecule has 2 N–H and O–H groups in total. The van der Waals surface area contributed by atoms with Crippen LogP contribution in [-0.2, 0) is 43.4 Å². The Morgan fingerprint density at radius 3 is 1.73 bits per heavy atom. The summed E-state index contributed by atoms with van der Waals surface area (Å²) in [6.07, 6.45) is -0.462. The highest BCUT2D eigenvalue weighted by Crippen LogP contribution is 2.37. The minimum atomic E-state index is -1.41. The SMILES string of the molecule is C=CCn1c(=O)n(CC(O)COc2c(C)cc(Sc3cc(C)c(OC(C)(C)C)c(C)c3)cc2C)c(=O)n(CC(O)CC(C)(C)OC(=O)/C=C\C(=O)OC(C)COC)c1=O. The smallest absolute Gasteiger partial charge is 0.336 e. The summed E-state index contributed by atoms with van der Waals surface area (Å²) in [6, 6.07) is 8.13. The number of aromatic nitrogens is 3. The molecule has 1 aromatic heterocycles. The fraction of sp³-hybridized carbons (Fsp3) is 0.512. The lowest BCUT2D eigenvalue weighted by molar-refractivity contribution is -0.153. The van der Waals surface area contributed by atoms with Gasteiger partial charge in [0, 0.05) is 35.5 Å². The Morgan fingerprint density at radius 1 is 0.763 bits per heavy atom. The first kappa shape index (κ1) is 48.5. The van der Waals surface area contributed by atoms with Crippen LogP contribution in [0.2, 0.25) is 0 Å². The summed E-state index contributed by atoms with van der Waals surface area (Å²) in [7, 11) is 1.45. The molecule has 59 heavy (non-hydrogen) atoms. The van der Waals surface area contributed by atoms with E-state index in [1.807, 2.05) is 60.6 Å². The molecule has 0 bridgehead atoms. The number of carbonyl (C=O) groups excluding carboxylic acids is 2. The van der Waals surface area contributed by atoms with Gasteiger partial charge in [-0.1, -0.05) is 17.8 Å². The van der Waals surface area contributed by atoms with Crippen molar-refractivity contribution in [2.24, 2.45) is 0 Å². The van der Waals surface area contributed by atoms with Crippen molar-refractivity contribution in [3.8, 4) is 11.5 Å². The van der Waals surface area contributed by atoms with Crippen molar-refractivity contribution >= 4 is 23.7 Å². The van der Waals surface area contributed by atoms with E-state index in [2.05, 4.69) is 18.7 Å². The van der Waals surface area contributed by atoms with Crippen LogP contribution in [-0.4, -0.2) is 85.7 Å². The molecule has 16 heteroatoms. The molecular weight excluding hydrogens is 783 g/mol. The van der Waals surface area contributed by atoms with Gasteiger partial charge in [0.2, 0.25) is 0 Å². The number of methoxy groups -OCH3 is 1. The number of rotatable bonds is 20. The number of benzene rings is 2. The van der Waals surface area contributed by atoms with E-state index in [-0.39, 0.29) is 31.8 Å². The van der Waals surface area contributed by atoms with E-state index in [1.54, 1.807) is 18.7 Å². The maximum absolute atomic E-state index is 13.6. The zero-order valence-electron chi connectivity index (χ0n) is 36.0. The maximum Gasteiger partial charge on any atom is 0.336 e. The molecule has 324 valence electrons. The van der Waals surface area contributed by atoms with Crippen molar-refractivity contribution in [1.29, 1.82) is 0 Å². The molecular formula is C43H59N3O12S. The molecule has 0 saturated carbocycles. The number of aryl methyl sites for hydroxylation is 4. The molecule has 0 aliphatic heterocycles. The summed E-state index contributed by atoms with van der Waals surface area (Å²) < 4.78 is 29.7. The monoisotopic (exact) mass is 841 g/mol. The fourth-order valence-electron chi connectivity index (χ4n) is 6.33. The molecule has 2 aromatic carbocycles. The minimum absolute atomic E-state index is 0.170. The highest BCUT2D eigenvalue weighted by molar-refractivity contribution is 7.99. The van der Waals surface area contributed by atoms with Crippen molar-refractivity contribution in [1.82, 2.24) is 13.7 Å². The number of allylic oxidation sites excluding steroid dienone is 1. The largest absolute Gasteiger partial charge is 0.490 e. The average Bonchev–Trinajstić information content (AvgIpc) is 3.10. The lowest BCUT2D eigenvalue weighted by Gasteiger charge is -2.27. The Hall–Kier alpha value is -4.90. The first-order valence-electron chi connectivity index (χ1n) is 19.2. The third-order valence-corrected chi connectivity index (χ3v) is 9.54. The summed E-state index contributed by atoms with van der Waals surface area (Å²) >= 11 is 1.60. The molecule has 1 heterocycles. The van der Waals surface area contributed by atoms with Crippen LogP contribution in [0.5, 0.6) is 11.5 Å². The Bertz CT molecular complexity index is 2150. The molecule has 0 saturated heterocycles. The number of aliphatic hydroxyl groups excluding tert-OH is 2. The van der Waals surface area contributed by atoms with Gasteiger partial charge in [-0.3, -0.25) is 0 Å². The number of esters is 2. The zero-order chi connectivity index (χ0) is 44.4. The standard InChI is InChI=1S/C43H59N3O12S/c1-13-16-44-39(51)45(22-31(47)21-43(10,11)57-36(50)15-14-35(49)56-30(6)24-54-12)41(53)46(40(44)52)23-32(48)25-55-37-26(2)17-33(18-27(37)3)59-34-19-28(4)38(29(5)20-34)58-42(7,8)9/h13-15,17-20,30-32,47-48H,1,16,21-25H2,2-12H3/b15-14-. The summed E-state index contributed by atoms with van der Waals surface area (Å²) in [5, 5.41) is 22.0. The van der Waals surface area contributed by atoms with Crippen molar-refractivity contribution in [2.75, 3.05) is 20.3 Å². The quantitative estimate of drug-likeness (QED) is 0.0917. The van der Waals surface area contributed by atoms with Crippen LogP contribution in [0, 0.1) is 27.7 Å². The molecule has 0 fully saturated rings. The molecule has 0 spiro atoms. The zero-order valence-corrected chi connectivity index (χ0v) is 36.8. The number of ether oxygens (including phenoxy) is 5. The van der Waals surface area contributed by atoms with Gasteiger partial charge in [0.05, 0.1) is 32.3 Å². The third-order valence-electron chi connectivity index (χ3n) is 8.59. The summed E-state index contributed by atoms with van der Waals surface area (Å²) in [5.41, 5.74) is -0.973. The first-order chi connectivity index (χ1) is 27.4. The van der Waals surface area contributed by atoms with Gasteiger partial charge in [-0.15, -0.1) is 6.58 Å². The normalized spacial score (nSPS) is 13.5. The van der Waals surface area contributed by atoms with Crippen molar-refractivity contribution in [2.45, 2.75) is 135 Å². The summed E-state index contributed by atoms with van der Waals surface area (Å²) in [6.45, 7) is 20.6. The van der Waals surface area contributed by atoms with E-state index in [0.29, 0.717) is 14.9 Å². The molecule has 0 amide bonds. The van der Waals surface area contributed by atoms with Crippen LogP contribution in [0.25, 0.3) is 0 Å². The Morgan fingerprint density at radius 2 is 1.24 bits per heavy atom. The minimum Gasteiger partial charge on any atom is -0.490 e. The second-order valence-electron chi connectivity index (χ2n) is 16.1. The van der Waals surface area contributed by atoms with E-state index < -0.39 is 66.0 Å². The lowest BCUT2D eigenvalue weighted by Crippen LogP contribution is -2.56. The molecule has 0 radical (unpaired) electrons.